The van der Waals surface area contributed by atoms with E-state index in [1.807, 2.05) is 61.5 Å². The summed E-state index contributed by atoms with van der Waals surface area (Å²) >= 11 is 0. The molecule has 0 N–H and O–H groups in total. The van der Waals surface area contributed by atoms with Crippen LogP contribution in [-0.4, -0.2) is 47.0 Å². The second-order valence-corrected chi connectivity index (χ2v) is 9.51. The van der Waals surface area contributed by atoms with E-state index in [2.05, 4.69) is 11.8 Å². The lowest BCUT2D eigenvalue weighted by molar-refractivity contribution is -0.134. The molecule has 5 rings (SSSR count). The SMILES string of the molecule is Cc1ccc(Oc2nc(N3CCC(C)CC3)nc3c2CN(C(=O)COc2ccccc2)CC3)cc1. The fraction of sp³-hybridized carbons (Fsp3) is 0.393. The van der Waals surface area contributed by atoms with Crippen molar-refractivity contribution >= 4 is 11.9 Å². The molecule has 2 aromatic carbocycles. The van der Waals surface area contributed by atoms with E-state index in [0.29, 0.717) is 31.1 Å². The molecule has 1 aromatic heterocycles. The summed E-state index contributed by atoms with van der Waals surface area (Å²) in [4.78, 5) is 26.8. The standard InChI is InChI=1S/C28H32N4O3/c1-20-8-10-23(11-9-20)35-27-24-18-32(26(33)19-34-22-6-4-3-5-7-22)17-14-25(24)29-28(30-27)31-15-12-21(2)13-16-31/h3-11,21H,12-19H2,1-2H3. The molecule has 0 bridgehead atoms. The zero-order valence-electron chi connectivity index (χ0n) is 20.4. The van der Waals surface area contributed by atoms with Crippen LogP contribution in [0.5, 0.6) is 17.4 Å². The minimum atomic E-state index is -0.0603. The molecule has 0 aliphatic carbocycles. The smallest absolute Gasteiger partial charge is 0.260 e. The Morgan fingerprint density at radius 3 is 2.46 bits per heavy atom. The lowest BCUT2D eigenvalue weighted by Gasteiger charge is -2.33. The summed E-state index contributed by atoms with van der Waals surface area (Å²) in [6, 6.07) is 17.3. The van der Waals surface area contributed by atoms with Crippen molar-refractivity contribution in [2.24, 2.45) is 5.92 Å². The number of rotatable bonds is 6. The molecule has 1 amide bonds. The number of benzene rings is 2. The Balaban J connectivity index is 1.38. The number of hydrogen-bond acceptors (Lipinski definition) is 6. The van der Waals surface area contributed by atoms with Gasteiger partial charge in [0.15, 0.2) is 6.61 Å². The first kappa shape index (κ1) is 23.1. The molecule has 0 atom stereocenters. The molecule has 3 aromatic rings. The van der Waals surface area contributed by atoms with E-state index in [1.54, 1.807) is 4.90 Å². The Labute approximate surface area is 206 Å². The fourth-order valence-electron chi connectivity index (χ4n) is 4.49. The third kappa shape index (κ3) is 5.56. The Bertz CT molecular complexity index is 1160. The van der Waals surface area contributed by atoms with Crippen LogP contribution < -0.4 is 14.4 Å². The van der Waals surface area contributed by atoms with Crippen LogP contribution >= 0.6 is 0 Å². The maximum atomic E-state index is 12.9. The van der Waals surface area contributed by atoms with Gasteiger partial charge in [-0.2, -0.15) is 4.98 Å². The molecule has 7 nitrogen and oxygen atoms in total. The summed E-state index contributed by atoms with van der Waals surface area (Å²) < 4.78 is 12.0. The number of amides is 1. The van der Waals surface area contributed by atoms with Crippen LogP contribution in [0.4, 0.5) is 5.95 Å². The maximum absolute atomic E-state index is 12.9. The zero-order chi connectivity index (χ0) is 24.2. The van der Waals surface area contributed by atoms with Gasteiger partial charge in [-0.15, -0.1) is 0 Å². The van der Waals surface area contributed by atoms with Gasteiger partial charge in [0, 0.05) is 26.1 Å². The summed E-state index contributed by atoms with van der Waals surface area (Å²) in [5.41, 5.74) is 3.00. The van der Waals surface area contributed by atoms with Crippen molar-refractivity contribution in [1.29, 1.82) is 0 Å². The maximum Gasteiger partial charge on any atom is 0.260 e. The second-order valence-electron chi connectivity index (χ2n) is 9.51. The van der Waals surface area contributed by atoms with Crippen molar-refractivity contribution < 1.29 is 14.3 Å². The van der Waals surface area contributed by atoms with Crippen LogP contribution in [-0.2, 0) is 17.8 Å². The van der Waals surface area contributed by atoms with Crippen molar-refractivity contribution in [3.05, 3.63) is 71.4 Å². The Morgan fingerprint density at radius 2 is 1.71 bits per heavy atom. The highest BCUT2D eigenvalue weighted by atomic mass is 16.5. The fourth-order valence-corrected chi connectivity index (χ4v) is 4.49. The summed E-state index contributed by atoms with van der Waals surface area (Å²) in [6.07, 6.45) is 2.94. The van der Waals surface area contributed by atoms with Gasteiger partial charge in [0.25, 0.3) is 5.91 Å². The average molecular weight is 473 g/mol. The van der Waals surface area contributed by atoms with Crippen LogP contribution in [0.1, 0.15) is 36.6 Å². The molecular weight excluding hydrogens is 440 g/mol. The molecule has 1 fully saturated rings. The number of carbonyl (C=O) groups is 1. The van der Waals surface area contributed by atoms with Crippen molar-refractivity contribution in [3.63, 3.8) is 0 Å². The number of aromatic nitrogens is 2. The topological polar surface area (TPSA) is 67.8 Å². The molecule has 35 heavy (non-hydrogen) atoms. The van der Waals surface area contributed by atoms with Gasteiger partial charge in [0.2, 0.25) is 11.8 Å². The Kier molecular flexibility index (Phi) is 6.84. The highest BCUT2D eigenvalue weighted by molar-refractivity contribution is 5.78. The van der Waals surface area contributed by atoms with E-state index < -0.39 is 0 Å². The Morgan fingerprint density at radius 1 is 0.971 bits per heavy atom. The van der Waals surface area contributed by atoms with Gasteiger partial charge < -0.3 is 19.3 Å². The largest absolute Gasteiger partial charge is 0.484 e. The number of ether oxygens (including phenoxy) is 2. The Hall–Kier alpha value is -3.61. The number of aryl methyl sites for hydroxylation is 1. The first-order chi connectivity index (χ1) is 17.0. The number of para-hydroxylation sites is 1. The quantitative estimate of drug-likeness (QED) is 0.515. The van der Waals surface area contributed by atoms with E-state index in [9.17, 15) is 4.79 Å². The van der Waals surface area contributed by atoms with Gasteiger partial charge in [-0.1, -0.05) is 42.8 Å². The van der Waals surface area contributed by atoms with Crippen LogP contribution in [0.3, 0.4) is 0 Å². The third-order valence-corrected chi connectivity index (χ3v) is 6.77. The van der Waals surface area contributed by atoms with Gasteiger partial charge in [-0.05, 0) is 49.9 Å². The average Bonchev–Trinajstić information content (AvgIpc) is 2.89. The molecule has 1 saturated heterocycles. The summed E-state index contributed by atoms with van der Waals surface area (Å²) in [5.74, 6) is 3.34. The molecule has 2 aliphatic heterocycles. The first-order valence-corrected chi connectivity index (χ1v) is 12.4. The van der Waals surface area contributed by atoms with Crippen LogP contribution in [0.25, 0.3) is 0 Å². The lowest BCUT2D eigenvalue weighted by Crippen LogP contribution is -2.40. The molecule has 0 unspecified atom stereocenters. The normalized spacial score (nSPS) is 16.1. The van der Waals surface area contributed by atoms with Crippen LogP contribution in [0, 0.1) is 12.8 Å². The van der Waals surface area contributed by atoms with Crippen molar-refractivity contribution in [2.75, 3.05) is 31.1 Å². The minimum absolute atomic E-state index is 0.00159. The predicted molar refractivity (Wildman–Crippen MR) is 135 cm³/mol. The number of nitrogens with zero attached hydrogens (tertiary/aromatic N) is 4. The summed E-state index contributed by atoms with van der Waals surface area (Å²) in [7, 11) is 0. The first-order valence-electron chi connectivity index (χ1n) is 12.4. The van der Waals surface area contributed by atoms with Crippen molar-refractivity contribution in [3.8, 4) is 17.4 Å². The number of piperidine rings is 1. The van der Waals surface area contributed by atoms with E-state index in [4.69, 9.17) is 19.4 Å². The highest BCUT2D eigenvalue weighted by Gasteiger charge is 2.29. The molecule has 3 heterocycles. The second kappa shape index (κ2) is 10.3. The highest BCUT2D eigenvalue weighted by Crippen LogP contribution is 2.32. The van der Waals surface area contributed by atoms with Gasteiger partial charge >= 0.3 is 0 Å². The predicted octanol–water partition coefficient (Wildman–Crippen LogP) is 4.78. The van der Waals surface area contributed by atoms with Gasteiger partial charge in [0.1, 0.15) is 11.5 Å². The zero-order valence-corrected chi connectivity index (χ0v) is 20.4. The van der Waals surface area contributed by atoms with Crippen molar-refractivity contribution in [2.45, 2.75) is 39.7 Å². The monoisotopic (exact) mass is 472 g/mol. The van der Waals surface area contributed by atoms with Gasteiger partial charge in [-0.3, -0.25) is 4.79 Å². The summed E-state index contributed by atoms with van der Waals surface area (Å²) in [6.45, 7) is 7.25. The molecule has 0 spiro atoms. The van der Waals surface area contributed by atoms with E-state index in [1.165, 1.54) is 5.56 Å². The minimum Gasteiger partial charge on any atom is -0.484 e. The molecule has 182 valence electrons. The summed E-state index contributed by atoms with van der Waals surface area (Å²) in [5, 5.41) is 0. The third-order valence-electron chi connectivity index (χ3n) is 6.77. The molecule has 2 aliphatic rings. The number of hydrogen-bond donors (Lipinski definition) is 0. The van der Waals surface area contributed by atoms with Crippen LogP contribution in [0.15, 0.2) is 54.6 Å². The molecule has 0 radical (unpaired) electrons. The van der Waals surface area contributed by atoms with E-state index in [0.717, 1.165) is 54.8 Å². The van der Waals surface area contributed by atoms with Gasteiger partial charge in [-0.25, -0.2) is 4.98 Å². The lowest BCUT2D eigenvalue weighted by atomic mass is 9.99. The van der Waals surface area contributed by atoms with E-state index >= 15 is 0 Å². The van der Waals surface area contributed by atoms with Crippen molar-refractivity contribution in [1.82, 2.24) is 14.9 Å². The number of anilines is 1. The van der Waals surface area contributed by atoms with E-state index in [-0.39, 0.29) is 12.5 Å². The molecule has 7 heteroatoms. The number of fused-ring (bicyclic) bond motifs is 1. The van der Waals surface area contributed by atoms with Gasteiger partial charge in [0.05, 0.1) is 17.8 Å². The van der Waals surface area contributed by atoms with Crippen LogP contribution in [0.2, 0.25) is 0 Å². The molecular formula is C28H32N4O3. The number of carbonyl (C=O) groups excluding carboxylic acids is 1. The molecule has 0 saturated carbocycles.